The van der Waals surface area contributed by atoms with Gasteiger partial charge in [0.25, 0.3) is 15.7 Å². The van der Waals surface area contributed by atoms with Crippen LogP contribution in [-0.2, 0) is 21.3 Å². The van der Waals surface area contributed by atoms with Gasteiger partial charge in [-0.15, -0.1) is 0 Å². The molecule has 0 bridgehead atoms. The SMILES string of the molecule is CCOC(=O)c1cc(CNc2ccccc2)cn1S(=O)(=O)c1cc(Cl)ccc1[N+](=O)[O-]. The van der Waals surface area contributed by atoms with Gasteiger partial charge in [0.15, 0.2) is 4.90 Å². The van der Waals surface area contributed by atoms with Crippen molar-refractivity contribution in [2.45, 2.75) is 18.4 Å². The van der Waals surface area contributed by atoms with Crippen LogP contribution in [0.3, 0.4) is 0 Å². The highest BCUT2D eigenvalue weighted by Gasteiger charge is 2.31. The predicted molar refractivity (Wildman–Crippen MR) is 115 cm³/mol. The highest BCUT2D eigenvalue weighted by Crippen LogP contribution is 2.30. The zero-order chi connectivity index (χ0) is 22.6. The minimum Gasteiger partial charge on any atom is -0.461 e. The van der Waals surface area contributed by atoms with Crippen molar-refractivity contribution in [3.8, 4) is 0 Å². The van der Waals surface area contributed by atoms with Gasteiger partial charge in [-0.2, -0.15) is 0 Å². The number of benzene rings is 2. The Morgan fingerprint density at radius 3 is 2.55 bits per heavy atom. The van der Waals surface area contributed by atoms with Gasteiger partial charge in [-0.3, -0.25) is 10.1 Å². The lowest BCUT2D eigenvalue weighted by atomic mass is 10.2. The third-order valence-corrected chi connectivity index (χ3v) is 6.19. The molecule has 0 amide bonds. The Morgan fingerprint density at radius 2 is 1.90 bits per heavy atom. The van der Waals surface area contributed by atoms with Crippen LogP contribution in [0.5, 0.6) is 0 Å². The van der Waals surface area contributed by atoms with Crippen LogP contribution in [0.25, 0.3) is 0 Å². The van der Waals surface area contributed by atoms with Crippen molar-refractivity contribution in [2.75, 3.05) is 11.9 Å². The van der Waals surface area contributed by atoms with Crippen LogP contribution in [0.4, 0.5) is 11.4 Å². The van der Waals surface area contributed by atoms with Crippen LogP contribution in [0, 0.1) is 10.1 Å². The van der Waals surface area contributed by atoms with Crippen molar-refractivity contribution in [2.24, 2.45) is 0 Å². The lowest BCUT2D eigenvalue weighted by molar-refractivity contribution is -0.387. The van der Waals surface area contributed by atoms with Gasteiger partial charge >= 0.3 is 5.97 Å². The molecular weight excluding hydrogens is 446 g/mol. The fourth-order valence-corrected chi connectivity index (χ4v) is 4.65. The van der Waals surface area contributed by atoms with Gasteiger partial charge in [0, 0.05) is 29.5 Å². The van der Waals surface area contributed by atoms with Crippen molar-refractivity contribution in [1.29, 1.82) is 0 Å². The monoisotopic (exact) mass is 463 g/mol. The Bertz CT molecular complexity index is 1220. The Balaban J connectivity index is 2.08. The second-order valence-corrected chi connectivity index (χ2v) is 8.56. The quantitative estimate of drug-likeness (QED) is 0.303. The highest BCUT2D eigenvalue weighted by molar-refractivity contribution is 7.90. The molecule has 0 saturated carbocycles. The lowest BCUT2D eigenvalue weighted by Crippen LogP contribution is -2.20. The number of nitrogens with one attached hydrogen (secondary N) is 1. The van der Waals surface area contributed by atoms with Gasteiger partial charge in [-0.05, 0) is 42.8 Å². The number of hydrogen-bond acceptors (Lipinski definition) is 7. The molecule has 11 heteroatoms. The summed E-state index contributed by atoms with van der Waals surface area (Å²) in [7, 11) is -4.53. The minimum atomic E-state index is -4.53. The molecule has 0 unspecified atom stereocenters. The maximum atomic E-state index is 13.3. The zero-order valence-corrected chi connectivity index (χ0v) is 17.9. The molecule has 9 nitrogen and oxygen atoms in total. The van der Waals surface area contributed by atoms with E-state index in [0.29, 0.717) is 9.54 Å². The first kappa shape index (κ1) is 22.3. The number of anilines is 1. The lowest BCUT2D eigenvalue weighted by Gasteiger charge is -2.10. The Hall–Kier alpha value is -3.37. The molecule has 0 aliphatic carbocycles. The van der Waals surface area contributed by atoms with E-state index in [1.54, 1.807) is 6.92 Å². The van der Waals surface area contributed by atoms with E-state index in [0.717, 1.165) is 17.8 Å². The molecule has 0 fully saturated rings. The molecule has 0 atom stereocenters. The van der Waals surface area contributed by atoms with Crippen molar-refractivity contribution in [3.63, 3.8) is 0 Å². The second kappa shape index (κ2) is 9.19. The average molecular weight is 464 g/mol. The summed E-state index contributed by atoms with van der Waals surface area (Å²) in [6.07, 6.45) is 1.22. The number of para-hydroxylation sites is 1. The summed E-state index contributed by atoms with van der Waals surface area (Å²) in [6, 6.07) is 13.7. The van der Waals surface area contributed by atoms with Gasteiger partial charge in [-0.1, -0.05) is 29.8 Å². The molecule has 0 aliphatic rings. The number of ether oxygens (including phenoxy) is 1. The number of carbonyl (C=O) groups excluding carboxylic acids is 1. The first-order chi connectivity index (χ1) is 14.7. The Kier molecular flexibility index (Phi) is 6.62. The van der Waals surface area contributed by atoms with Gasteiger partial charge in [0.2, 0.25) is 0 Å². The van der Waals surface area contributed by atoms with E-state index in [9.17, 15) is 23.3 Å². The molecule has 3 rings (SSSR count). The van der Waals surface area contributed by atoms with Gasteiger partial charge < -0.3 is 10.1 Å². The number of halogens is 1. The molecule has 0 aliphatic heterocycles. The third kappa shape index (κ3) is 4.86. The fourth-order valence-electron chi connectivity index (χ4n) is 2.86. The number of hydrogen-bond donors (Lipinski definition) is 1. The molecule has 1 aromatic heterocycles. The second-order valence-electron chi connectivity index (χ2n) is 6.34. The molecular formula is C20H18ClN3O6S. The van der Waals surface area contributed by atoms with E-state index in [-0.39, 0.29) is 23.9 Å². The molecule has 0 spiro atoms. The Morgan fingerprint density at radius 1 is 1.19 bits per heavy atom. The molecule has 0 saturated heterocycles. The van der Waals surface area contributed by atoms with E-state index in [1.165, 1.54) is 18.3 Å². The maximum absolute atomic E-state index is 13.3. The number of nitro groups is 1. The van der Waals surface area contributed by atoms with Crippen molar-refractivity contribution in [3.05, 3.63) is 87.2 Å². The van der Waals surface area contributed by atoms with E-state index >= 15 is 0 Å². The molecule has 1 heterocycles. The zero-order valence-electron chi connectivity index (χ0n) is 16.3. The number of nitrogens with zero attached hydrogens (tertiary/aromatic N) is 2. The maximum Gasteiger partial charge on any atom is 0.356 e. The highest BCUT2D eigenvalue weighted by atomic mass is 35.5. The summed E-state index contributed by atoms with van der Waals surface area (Å²) in [5.74, 6) is -0.873. The molecule has 2 aromatic carbocycles. The number of aromatic nitrogens is 1. The van der Waals surface area contributed by atoms with E-state index in [1.807, 2.05) is 30.3 Å². The summed E-state index contributed by atoms with van der Waals surface area (Å²) < 4.78 is 32.3. The summed E-state index contributed by atoms with van der Waals surface area (Å²) >= 11 is 5.89. The standard InChI is InChI=1S/C20H18ClN3O6S/c1-2-30-20(25)18-10-14(12-22-16-6-4-3-5-7-16)13-23(18)31(28,29)19-11-15(21)8-9-17(19)24(26)27/h3-11,13,22H,2,12H2,1H3. The average Bonchev–Trinajstić information content (AvgIpc) is 3.18. The molecule has 31 heavy (non-hydrogen) atoms. The van der Waals surface area contributed by atoms with Crippen LogP contribution in [-0.4, -0.2) is 29.9 Å². The Labute approximate surface area is 183 Å². The minimum absolute atomic E-state index is 0.0000152. The van der Waals surface area contributed by atoms with Crippen LogP contribution in [0.15, 0.2) is 65.7 Å². The molecule has 3 aromatic rings. The topological polar surface area (TPSA) is 121 Å². The summed E-state index contributed by atoms with van der Waals surface area (Å²) in [5.41, 5.74) is 0.319. The van der Waals surface area contributed by atoms with Gasteiger partial charge in [-0.25, -0.2) is 17.2 Å². The summed E-state index contributed by atoms with van der Waals surface area (Å²) in [5, 5.41) is 14.5. The number of rotatable bonds is 8. The normalized spacial score (nSPS) is 11.2. The number of nitro benzene ring substituents is 1. The van der Waals surface area contributed by atoms with Gasteiger partial charge in [0.05, 0.1) is 11.5 Å². The largest absolute Gasteiger partial charge is 0.461 e. The predicted octanol–water partition coefficient (Wildman–Crippen LogP) is 4.08. The van der Waals surface area contributed by atoms with Crippen LogP contribution in [0.1, 0.15) is 23.0 Å². The van der Waals surface area contributed by atoms with Crippen molar-refractivity contribution < 1.29 is 22.9 Å². The van der Waals surface area contributed by atoms with Crippen LogP contribution < -0.4 is 5.32 Å². The van der Waals surface area contributed by atoms with E-state index < -0.39 is 31.5 Å². The van der Waals surface area contributed by atoms with Crippen LogP contribution >= 0.6 is 11.6 Å². The first-order valence-electron chi connectivity index (χ1n) is 9.11. The number of carbonyl (C=O) groups is 1. The van der Waals surface area contributed by atoms with E-state index in [2.05, 4.69) is 5.32 Å². The molecule has 1 N–H and O–H groups in total. The van der Waals surface area contributed by atoms with Gasteiger partial charge in [0.1, 0.15) is 5.69 Å². The smallest absolute Gasteiger partial charge is 0.356 e. The van der Waals surface area contributed by atoms with Crippen molar-refractivity contribution >= 4 is 39.0 Å². The fraction of sp³-hybridized carbons (Fsp3) is 0.150. The first-order valence-corrected chi connectivity index (χ1v) is 10.9. The van der Waals surface area contributed by atoms with Crippen LogP contribution in [0.2, 0.25) is 5.02 Å². The van der Waals surface area contributed by atoms with E-state index in [4.69, 9.17) is 16.3 Å². The van der Waals surface area contributed by atoms with Crippen molar-refractivity contribution in [1.82, 2.24) is 3.97 Å². The summed E-state index contributed by atoms with van der Waals surface area (Å²) in [6.45, 7) is 1.81. The summed E-state index contributed by atoms with van der Waals surface area (Å²) in [4.78, 5) is 22.4. The third-order valence-electron chi connectivity index (χ3n) is 4.25. The molecule has 0 radical (unpaired) electrons. The molecule has 162 valence electrons. The number of esters is 1.